The molecular formula is C25H29NO9S. The van der Waals surface area contributed by atoms with Crippen molar-refractivity contribution in [2.24, 2.45) is 5.16 Å². The van der Waals surface area contributed by atoms with E-state index in [1.54, 1.807) is 26.8 Å². The largest absolute Gasteiger partial charge is 0.506 e. The van der Waals surface area contributed by atoms with Crippen molar-refractivity contribution in [3.63, 3.8) is 0 Å². The molecule has 3 N–H and O–H groups in total. The van der Waals surface area contributed by atoms with Gasteiger partial charge in [0.2, 0.25) is 6.29 Å². The van der Waals surface area contributed by atoms with Crippen LogP contribution in [-0.4, -0.2) is 58.3 Å². The third-order valence-electron chi connectivity index (χ3n) is 6.16. The van der Waals surface area contributed by atoms with E-state index in [9.17, 15) is 20.1 Å². The molecule has 0 radical (unpaired) electrons. The fourth-order valence-corrected chi connectivity index (χ4v) is 4.92. The van der Waals surface area contributed by atoms with E-state index in [1.807, 2.05) is 16.8 Å². The molecule has 0 amide bonds. The van der Waals surface area contributed by atoms with Crippen molar-refractivity contribution in [3.8, 4) is 11.5 Å². The van der Waals surface area contributed by atoms with Gasteiger partial charge in [0.15, 0.2) is 0 Å². The zero-order valence-electron chi connectivity index (χ0n) is 20.5. The molecule has 1 aliphatic heterocycles. The second kappa shape index (κ2) is 10.2. The van der Waals surface area contributed by atoms with E-state index in [1.165, 1.54) is 31.4 Å². The number of aliphatic hydroxyl groups is 2. The SMILES string of the molecule is CO[C@@H]1[C@H](O)[C@@H](O)[C@H](Oc2ccc3c(O)c(C(C)=NOCc4ccsc4)c(=O)oc3c2C)OC1(C)C. The maximum atomic E-state index is 12.8. The number of thiophene rings is 1. The minimum atomic E-state index is -1.39. The smallest absolute Gasteiger partial charge is 0.349 e. The summed E-state index contributed by atoms with van der Waals surface area (Å²) < 4.78 is 22.6. The Bertz CT molecular complexity index is 1320. The predicted octanol–water partition coefficient (Wildman–Crippen LogP) is 3.06. The topological polar surface area (TPSA) is 140 Å². The average Bonchev–Trinajstić information content (AvgIpc) is 3.33. The van der Waals surface area contributed by atoms with Gasteiger partial charge in [0.1, 0.15) is 47.6 Å². The van der Waals surface area contributed by atoms with Crippen molar-refractivity contribution >= 4 is 28.0 Å². The Balaban J connectivity index is 1.62. The Morgan fingerprint density at radius 1 is 1.22 bits per heavy atom. The number of nitrogens with zero attached hydrogens (tertiary/aromatic N) is 1. The highest BCUT2D eigenvalue weighted by molar-refractivity contribution is 7.07. The molecule has 1 fully saturated rings. The number of fused-ring (bicyclic) bond motifs is 1. The maximum Gasteiger partial charge on any atom is 0.349 e. The molecule has 3 aromatic rings. The number of hydrogen-bond donors (Lipinski definition) is 3. The molecule has 36 heavy (non-hydrogen) atoms. The van der Waals surface area contributed by atoms with E-state index in [0.717, 1.165) is 5.56 Å². The van der Waals surface area contributed by atoms with Gasteiger partial charge in [-0.15, -0.1) is 0 Å². The third kappa shape index (κ3) is 4.84. The van der Waals surface area contributed by atoms with E-state index < -0.39 is 35.8 Å². The summed E-state index contributed by atoms with van der Waals surface area (Å²) in [6.07, 6.45) is -4.63. The van der Waals surface area contributed by atoms with Gasteiger partial charge in [-0.05, 0) is 56.7 Å². The summed E-state index contributed by atoms with van der Waals surface area (Å²) in [4.78, 5) is 18.1. The standard InChI is InChI=1S/C25H29NO9S/c1-12-16(33-24-20(29)19(28)22(31-5)25(3,4)35-24)7-6-15-18(27)17(23(30)34-21(12)15)13(2)26-32-10-14-8-9-36-11-14/h6-9,11,19-20,22,24,27-29H,10H2,1-5H3/t19-,20-,22-,24-/m1/s1. The molecule has 3 heterocycles. The first-order chi connectivity index (χ1) is 17.0. The van der Waals surface area contributed by atoms with Gasteiger partial charge in [-0.2, -0.15) is 11.3 Å². The lowest BCUT2D eigenvalue weighted by Gasteiger charge is -2.46. The van der Waals surface area contributed by atoms with Crippen LogP contribution in [0.1, 0.15) is 37.5 Å². The number of oxime groups is 1. The number of aromatic hydroxyl groups is 1. The normalized spacial score (nSPS) is 24.1. The summed E-state index contributed by atoms with van der Waals surface area (Å²) in [5.41, 5.74) is -0.256. The molecule has 4 atom stereocenters. The molecule has 1 aliphatic rings. The number of methoxy groups -OCH3 is 1. The summed E-state index contributed by atoms with van der Waals surface area (Å²) in [7, 11) is 1.42. The van der Waals surface area contributed by atoms with E-state index in [4.69, 9.17) is 23.5 Å². The Kier molecular flexibility index (Phi) is 7.39. The maximum absolute atomic E-state index is 12.8. The van der Waals surface area contributed by atoms with Crippen LogP contribution >= 0.6 is 11.3 Å². The van der Waals surface area contributed by atoms with E-state index in [-0.39, 0.29) is 40.4 Å². The third-order valence-corrected chi connectivity index (χ3v) is 6.89. The van der Waals surface area contributed by atoms with E-state index in [2.05, 4.69) is 5.16 Å². The number of aryl methyl sites for hydroxylation is 1. The summed E-state index contributed by atoms with van der Waals surface area (Å²) >= 11 is 1.53. The van der Waals surface area contributed by atoms with Crippen LogP contribution in [0.25, 0.3) is 11.0 Å². The zero-order valence-corrected chi connectivity index (χ0v) is 21.4. The Hall–Kier alpha value is -2.96. The van der Waals surface area contributed by atoms with Crippen molar-refractivity contribution in [2.75, 3.05) is 7.11 Å². The fourth-order valence-electron chi connectivity index (χ4n) is 4.27. The van der Waals surface area contributed by atoms with Gasteiger partial charge < -0.3 is 38.8 Å². The Morgan fingerprint density at radius 3 is 2.64 bits per heavy atom. The molecule has 2 aromatic heterocycles. The minimum Gasteiger partial charge on any atom is -0.506 e. The molecule has 0 bridgehead atoms. The van der Waals surface area contributed by atoms with Crippen molar-refractivity contribution in [1.29, 1.82) is 0 Å². The van der Waals surface area contributed by atoms with Crippen LogP contribution in [0, 0.1) is 6.92 Å². The first kappa shape index (κ1) is 26.1. The van der Waals surface area contributed by atoms with Crippen LogP contribution in [0.4, 0.5) is 0 Å². The van der Waals surface area contributed by atoms with Crippen molar-refractivity contribution in [2.45, 2.75) is 64.5 Å². The summed E-state index contributed by atoms with van der Waals surface area (Å²) in [5, 5.41) is 40.0. The van der Waals surface area contributed by atoms with Gasteiger partial charge in [0, 0.05) is 18.2 Å². The van der Waals surface area contributed by atoms with Gasteiger partial charge in [0.05, 0.1) is 16.7 Å². The molecule has 10 nitrogen and oxygen atoms in total. The first-order valence-corrected chi connectivity index (χ1v) is 12.2. The minimum absolute atomic E-state index is 0.102. The number of aliphatic hydroxyl groups excluding tert-OH is 2. The van der Waals surface area contributed by atoms with Crippen molar-refractivity contribution < 1.29 is 38.8 Å². The number of benzene rings is 1. The molecule has 0 spiro atoms. The molecule has 1 aromatic carbocycles. The van der Waals surface area contributed by atoms with Crippen LogP contribution in [0.15, 0.2) is 43.3 Å². The highest BCUT2D eigenvalue weighted by Crippen LogP contribution is 2.37. The molecule has 4 rings (SSSR count). The van der Waals surface area contributed by atoms with Crippen LogP contribution in [0.2, 0.25) is 0 Å². The number of hydrogen-bond acceptors (Lipinski definition) is 11. The molecular weight excluding hydrogens is 490 g/mol. The van der Waals surface area contributed by atoms with E-state index >= 15 is 0 Å². The van der Waals surface area contributed by atoms with Gasteiger partial charge in [-0.25, -0.2) is 4.79 Å². The highest BCUT2D eigenvalue weighted by Gasteiger charge is 2.50. The lowest BCUT2D eigenvalue weighted by Crippen LogP contribution is -2.63. The molecule has 194 valence electrons. The van der Waals surface area contributed by atoms with Gasteiger partial charge in [-0.1, -0.05) is 5.16 Å². The van der Waals surface area contributed by atoms with Crippen LogP contribution in [0.5, 0.6) is 11.5 Å². The molecule has 11 heteroatoms. The summed E-state index contributed by atoms with van der Waals surface area (Å²) in [6, 6.07) is 4.97. The van der Waals surface area contributed by atoms with Crippen molar-refractivity contribution in [3.05, 3.63) is 56.1 Å². The van der Waals surface area contributed by atoms with E-state index in [0.29, 0.717) is 5.56 Å². The highest BCUT2D eigenvalue weighted by atomic mass is 32.1. The Labute approximate surface area is 211 Å². The summed E-state index contributed by atoms with van der Waals surface area (Å²) in [6.45, 7) is 6.84. The molecule has 0 aliphatic carbocycles. The number of rotatable bonds is 7. The monoisotopic (exact) mass is 519 g/mol. The predicted molar refractivity (Wildman–Crippen MR) is 133 cm³/mol. The van der Waals surface area contributed by atoms with Gasteiger partial charge >= 0.3 is 5.63 Å². The Morgan fingerprint density at radius 2 is 1.97 bits per heavy atom. The van der Waals surface area contributed by atoms with Crippen LogP contribution in [0.3, 0.4) is 0 Å². The zero-order chi connectivity index (χ0) is 26.2. The van der Waals surface area contributed by atoms with Crippen LogP contribution in [-0.2, 0) is 20.9 Å². The number of ether oxygens (including phenoxy) is 3. The summed E-state index contributed by atoms with van der Waals surface area (Å²) in [5.74, 6) is -0.0603. The lowest BCUT2D eigenvalue weighted by atomic mass is 9.89. The average molecular weight is 520 g/mol. The second-order valence-corrected chi connectivity index (χ2v) is 9.89. The molecule has 0 unspecified atom stereocenters. The first-order valence-electron chi connectivity index (χ1n) is 11.3. The lowest BCUT2D eigenvalue weighted by molar-refractivity contribution is -0.306. The molecule has 1 saturated heterocycles. The molecule has 0 saturated carbocycles. The fraction of sp³-hybridized carbons (Fsp3) is 0.440. The quantitative estimate of drug-likeness (QED) is 0.244. The van der Waals surface area contributed by atoms with Crippen LogP contribution < -0.4 is 10.4 Å². The van der Waals surface area contributed by atoms with Gasteiger partial charge in [0.25, 0.3) is 0 Å². The van der Waals surface area contributed by atoms with Gasteiger partial charge in [-0.3, -0.25) is 0 Å². The van der Waals surface area contributed by atoms with Crippen molar-refractivity contribution in [1.82, 2.24) is 0 Å². The second-order valence-electron chi connectivity index (χ2n) is 9.11.